The number of ketones is 1. The van der Waals surface area contributed by atoms with Gasteiger partial charge in [0.1, 0.15) is 0 Å². The summed E-state index contributed by atoms with van der Waals surface area (Å²) in [7, 11) is 1.10. The number of ether oxygens (including phenoxy) is 5. The summed E-state index contributed by atoms with van der Waals surface area (Å²) < 4.78 is 26.4. The zero-order chi connectivity index (χ0) is 50.9. The molecule has 395 valence electrons. The number of fused-ring (bicyclic) bond motifs is 5. The molecule has 71 heavy (non-hydrogen) atoms. The summed E-state index contributed by atoms with van der Waals surface area (Å²) in [6, 6.07) is 18.7. The Morgan fingerprint density at radius 1 is 0.775 bits per heavy atom. The number of carboxylic acid groups (broad SMARTS) is 1. The number of esters is 1. The zero-order valence-corrected chi connectivity index (χ0v) is 48.8. The predicted octanol–water partition coefficient (Wildman–Crippen LogP) is 12.2. The summed E-state index contributed by atoms with van der Waals surface area (Å²) in [5.41, 5.74) is 7.62. The van der Waals surface area contributed by atoms with E-state index in [1.165, 1.54) is 96.3 Å². The van der Waals surface area contributed by atoms with Crippen molar-refractivity contribution in [3.05, 3.63) is 89.4 Å². The van der Waals surface area contributed by atoms with Gasteiger partial charge in [0.15, 0.2) is 6.29 Å². The second-order valence-electron chi connectivity index (χ2n) is 20.7. The van der Waals surface area contributed by atoms with Gasteiger partial charge >= 0.3 is 12.1 Å². The molecule has 2 aliphatic heterocycles. The van der Waals surface area contributed by atoms with Crippen molar-refractivity contribution < 1.29 is 97.1 Å². The Morgan fingerprint density at radius 2 is 1.30 bits per heavy atom. The fraction of sp³-hybridized carbons (Fsp3) is 0.672. The molecule has 0 aromatic heterocycles. The smallest absolute Gasteiger partial charge is 0.476 e. The van der Waals surface area contributed by atoms with Gasteiger partial charge in [0, 0.05) is 73.8 Å². The van der Waals surface area contributed by atoms with E-state index in [0.29, 0.717) is 37.4 Å². The van der Waals surface area contributed by atoms with Crippen LogP contribution in [0.4, 0.5) is 4.79 Å². The number of carbonyl (C=O) groups excluding carboxylic acids is 3. The molecule has 2 heterocycles. The standard InChI is InChI=1S/C29H37O5.C20H40O2.C7H7NO.C2H4O3.Ac/c1-17-21-14-25(30)29(4)22(20-16-33-24(20)15-26(29)31)12-19(28(21,2)3)13-23(17)34-27(32)11-10-18-8-6-5-7-9-18;1-2-3-4-5-6-7-8-9-10-11-12-13-14-15-16-17-20-21-18-19-22-20;8-7(9)6-4-2-1-3-5-6;1-5-2(3)4;/h5-9,14,19-20,22-24,26,31H,10-13,15-16H2,1-4H3;20H,2-19H2,1H3;1-5H,(H2,8,9);1H3,(H,3,4);/q-1;;;;/t19?,20?,22?,23-,24?,26?,29?;;;;/m0..../s1. The van der Waals surface area contributed by atoms with Crippen molar-refractivity contribution in [1.29, 1.82) is 0 Å². The molecule has 1 amide bonds. The molecule has 5 aliphatic rings. The molecule has 4 N–H and O–H groups in total. The van der Waals surface area contributed by atoms with E-state index >= 15 is 0 Å². The van der Waals surface area contributed by atoms with Crippen molar-refractivity contribution >= 4 is 23.8 Å². The van der Waals surface area contributed by atoms with Gasteiger partial charge in [-0.05, 0) is 67.1 Å². The first-order valence-corrected chi connectivity index (χ1v) is 26.6. The summed E-state index contributed by atoms with van der Waals surface area (Å²) in [6.07, 6.45) is 25.2. The quantitative estimate of drug-likeness (QED) is 0.0615. The number of rotatable bonds is 21. The van der Waals surface area contributed by atoms with Gasteiger partial charge < -0.3 is 44.4 Å². The van der Waals surface area contributed by atoms with Crippen LogP contribution in [0, 0.1) is 79.1 Å². The number of methoxy groups -OCH3 is 1. The van der Waals surface area contributed by atoms with Crippen LogP contribution in [0.5, 0.6) is 0 Å². The Kier molecular flexibility index (Phi) is 29.2. The molecule has 3 aliphatic carbocycles. The summed E-state index contributed by atoms with van der Waals surface area (Å²) in [5.74, 6) is 0.0559. The maximum Gasteiger partial charge on any atom is 0.505 e. The number of carbonyl (C=O) groups is 4. The summed E-state index contributed by atoms with van der Waals surface area (Å²) in [4.78, 5) is 46.1. The number of primary amides is 1. The van der Waals surface area contributed by atoms with Crippen molar-refractivity contribution in [1.82, 2.24) is 0 Å². The average Bonchev–Trinajstić information content (AvgIpc) is 3.87. The van der Waals surface area contributed by atoms with Crippen LogP contribution >= 0.6 is 0 Å². The Morgan fingerprint density at radius 3 is 1.77 bits per heavy atom. The first-order chi connectivity index (χ1) is 33.6. The summed E-state index contributed by atoms with van der Waals surface area (Å²) in [6.45, 7) is 12.9. The minimum atomic E-state index is -1.25. The maximum absolute atomic E-state index is 13.7. The average molecular weight is 1200 g/mol. The first kappa shape index (κ1) is 62.5. The van der Waals surface area contributed by atoms with Gasteiger partial charge in [0.05, 0.1) is 51.0 Å². The number of unbranched alkanes of at least 4 members (excludes halogenated alkanes) is 14. The van der Waals surface area contributed by atoms with Crippen LogP contribution < -0.4 is 5.73 Å². The second kappa shape index (κ2) is 33.2. The van der Waals surface area contributed by atoms with E-state index in [1.54, 1.807) is 30.7 Å². The van der Waals surface area contributed by atoms with E-state index in [9.17, 15) is 19.5 Å². The fourth-order valence-electron chi connectivity index (χ4n) is 10.9. The van der Waals surface area contributed by atoms with Crippen LogP contribution in [0.3, 0.4) is 0 Å². The van der Waals surface area contributed by atoms with Crippen molar-refractivity contribution in [2.75, 3.05) is 26.9 Å². The number of Topliss-reactive ketones (excluding diaryl/α,β-unsaturated/α-hetero) is 1. The summed E-state index contributed by atoms with van der Waals surface area (Å²) >= 11 is 0. The van der Waals surface area contributed by atoms with E-state index < -0.39 is 17.7 Å². The number of benzene rings is 2. The monoisotopic (exact) mass is 1200 g/mol. The molecule has 0 spiro atoms. The molecule has 2 aromatic rings. The van der Waals surface area contributed by atoms with Crippen LogP contribution in [-0.4, -0.2) is 85.6 Å². The molecule has 2 saturated heterocycles. The zero-order valence-electron chi connectivity index (χ0n) is 44.1. The molecule has 13 heteroatoms. The predicted molar refractivity (Wildman–Crippen MR) is 274 cm³/mol. The normalized spacial score (nSPS) is 24.9. The van der Waals surface area contributed by atoms with Gasteiger partial charge in [-0.1, -0.05) is 166 Å². The van der Waals surface area contributed by atoms with Crippen LogP contribution in [0.15, 0.2) is 71.8 Å². The third-order valence-corrected chi connectivity index (χ3v) is 15.6. The molecule has 7 rings (SSSR count). The van der Waals surface area contributed by atoms with Gasteiger partial charge in [-0.3, -0.25) is 9.59 Å². The van der Waals surface area contributed by atoms with Crippen LogP contribution in [0.2, 0.25) is 0 Å². The number of aliphatic hydroxyl groups excluding tert-OH is 1. The Labute approximate surface area is 462 Å². The van der Waals surface area contributed by atoms with Gasteiger partial charge in [-0.15, -0.1) is 6.92 Å². The fourth-order valence-corrected chi connectivity index (χ4v) is 10.9. The molecule has 12 nitrogen and oxygen atoms in total. The van der Waals surface area contributed by atoms with Crippen molar-refractivity contribution in [3.63, 3.8) is 0 Å². The molecule has 2 saturated carbocycles. The van der Waals surface area contributed by atoms with Crippen molar-refractivity contribution in [2.24, 2.45) is 34.3 Å². The van der Waals surface area contributed by atoms with E-state index in [1.807, 2.05) is 50.2 Å². The van der Waals surface area contributed by atoms with Gasteiger partial charge in [0.2, 0.25) is 5.91 Å². The first-order valence-electron chi connectivity index (χ1n) is 26.6. The van der Waals surface area contributed by atoms with E-state index in [4.69, 9.17) is 34.6 Å². The van der Waals surface area contributed by atoms with E-state index in [2.05, 4.69) is 25.5 Å². The van der Waals surface area contributed by atoms with Crippen LogP contribution in [0.1, 0.15) is 179 Å². The summed E-state index contributed by atoms with van der Waals surface area (Å²) in [5, 5.41) is 18.5. The van der Waals surface area contributed by atoms with E-state index in [-0.39, 0.29) is 97.5 Å². The Bertz CT molecular complexity index is 1890. The number of aryl methyl sites for hydroxylation is 1. The molecular weight excluding hydrogens is 1110 g/mol. The molecule has 6 unspecified atom stereocenters. The molecule has 4 fully saturated rings. The number of aliphatic hydroxyl groups is 1. The van der Waals surface area contributed by atoms with Crippen molar-refractivity contribution in [2.45, 2.75) is 194 Å². The van der Waals surface area contributed by atoms with Gasteiger partial charge in [-0.2, -0.15) is 17.6 Å². The van der Waals surface area contributed by atoms with Crippen molar-refractivity contribution in [3.8, 4) is 0 Å². The van der Waals surface area contributed by atoms with E-state index in [0.717, 1.165) is 56.3 Å². The van der Waals surface area contributed by atoms with Crippen LogP contribution in [-0.2, 0) is 39.7 Å². The largest absolute Gasteiger partial charge is 0.505 e. The van der Waals surface area contributed by atoms with Crippen LogP contribution in [0.25, 0.3) is 0 Å². The third kappa shape index (κ3) is 20.1. The molecule has 7 atom stereocenters. The number of nitrogens with two attached hydrogens (primary N) is 1. The Balaban J connectivity index is 0.000000307. The Hall–Kier alpha value is -2.79. The number of allylic oxidation sites excluding steroid dienone is 1. The molecular formula is C58H88AcNO11-. The third-order valence-electron chi connectivity index (χ3n) is 15.6. The topological polar surface area (TPSA) is 181 Å². The van der Waals surface area contributed by atoms with Gasteiger partial charge in [-0.25, -0.2) is 4.79 Å². The molecule has 1 radical (unpaired) electrons. The maximum atomic E-state index is 13.7. The SMILES string of the molecule is CC1=C2[CH-]C(=O)C3(C)C(O)CC4OCC4C3CC(C[C@@H]1OC(=O)CCc1ccccc1)C2(C)C.CCCCCCCCCCCCCCCCCC1OCCO1.COC(=O)O.NC(=O)c1ccccc1.[Ac]. The number of amides is 1. The van der Waals surface area contributed by atoms with Gasteiger partial charge in [0.25, 0.3) is 0 Å². The number of hydrogen-bond acceptors (Lipinski definition) is 10. The minimum absolute atomic E-state index is 0. The molecule has 2 aromatic carbocycles. The second-order valence-corrected chi connectivity index (χ2v) is 20.7. The minimum Gasteiger partial charge on any atom is -0.476 e. The molecule has 2 bridgehead atoms. The number of hydrogen-bond donors (Lipinski definition) is 3.